The Bertz CT molecular complexity index is 648. The van der Waals surface area contributed by atoms with E-state index < -0.39 is 0 Å². The van der Waals surface area contributed by atoms with Crippen LogP contribution in [0.4, 0.5) is 0 Å². The molecular weight excluding hydrogens is 312 g/mol. The lowest BCUT2D eigenvalue weighted by atomic mass is 9.93. The number of hydrogen-bond acceptors (Lipinski definition) is 3. The molecule has 134 valence electrons. The molecular formula is C22H28O3. The molecule has 1 fully saturated rings. The van der Waals surface area contributed by atoms with E-state index in [0.717, 1.165) is 37.2 Å². The Balaban J connectivity index is 1.69. The summed E-state index contributed by atoms with van der Waals surface area (Å²) >= 11 is 0. The Kier molecular flexibility index (Phi) is 6.35. The van der Waals surface area contributed by atoms with Gasteiger partial charge in [0.05, 0.1) is 13.2 Å². The van der Waals surface area contributed by atoms with Crippen LogP contribution in [0.3, 0.4) is 0 Å². The van der Waals surface area contributed by atoms with Crippen molar-refractivity contribution < 1.29 is 14.6 Å². The van der Waals surface area contributed by atoms with Crippen molar-refractivity contribution in [2.75, 3.05) is 13.7 Å². The molecule has 0 amide bonds. The van der Waals surface area contributed by atoms with Gasteiger partial charge < -0.3 is 14.6 Å². The molecule has 3 nitrogen and oxygen atoms in total. The van der Waals surface area contributed by atoms with Crippen molar-refractivity contribution in [2.45, 2.75) is 44.6 Å². The molecule has 1 saturated carbocycles. The number of methoxy groups -OCH3 is 1. The normalized spacial score (nSPS) is 15.9. The van der Waals surface area contributed by atoms with Gasteiger partial charge in [0.1, 0.15) is 0 Å². The molecule has 0 spiro atoms. The van der Waals surface area contributed by atoms with Crippen molar-refractivity contribution in [1.29, 1.82) is 0 Å². The van der Waals surface area contributed by atoms with Crippen molar-refractivity contribution in [3.8, 4) is 11.5 Å². The number of benzene rings is 2. The minimum Gasteiger partial charge on any atom is -0.493 e. The third kappa shape index (κ3) is 4.99. The first-order chi connectivity index (χ1) is 12.3. The summed E-state index contributed by atoms with van der Waals surface area (Å²) in [5, 5.41) is 9.79. The fraction of sp³-hybridized carbons (Fsp3) is 0.455. The lowest BCUT2D eigenvalue weighted by Crippen LogP contribution is -2.14. The first-order valence-corrected chi connectivity index (χ1v) is 9.27. The minimum absolute atomic E-state index is 0.180. The second-order valence-electron chi connectivity index (χ2n) is 6.95. The van der Waals surface area contributed by atoms with Crippen LogP contribution in [0.5, 0.6) is 11.5 Å². The van der Waals surface area contributed by atoms with Gasteiger partial charge in [-0.3, -0.25) is 0 Å². The van der Waals surface area contributed by atoms with E-state index in [9.17, 15) is 5.11 Å². The second-order valence-corrected chi connectivity index (χ2v) is 6.95. The maximum atomic E-state index is 9.79. The van der Waals surface area contributed by atoms with E-state index in [0.29, 0.717) is 6.10 Å². The third-order valence-corrected chi connectivity index (χ3v) is 4.97. The minimum atomic E-state index is 0.180. The molecule has 2 aromatic rings. The molecule has 2 aromatic carbocycles. The molecule has 0 aliphatic heterocycles. The first kappa shape index (κ1) is 17.8. The van der Waals surface area contributed by atoms with Crippen LogP contribution in [0.1, 0.15) is 36.8 Å². The van der Waals surface area contributed by atoms with Gasteiger partial charge in [-0.05, 0) is 67.7 Å². The molecule has 0 aromatic heterocycles. The van der Waals surface area contributed by atoms with E-state index in [1.165, 1.54) is 24.0 Å². The highest BCUT2D eigenvalue weighted by Gasteiger charge is 2.19. The predicted octanol–water partition coefficient (Wildman–Crippen LogP) is 4.41. The molecule has 1 N–H and O–H groups in total. The molecule has 0 bridgehead atoms. The molecule has 1 unspecified atom stereocenters. The highest BCUT2D eigenvalue weighted by atomic mass is 16.5. The van der Waals surface area contributed by atoms with Crippen LogP contribution in [0.15, 0.2) is 48.5 Å². The zero-order valence-electron chi connectivity index (χ0n) is 15.0. The zero-order chi connectivity index (χ0) is 17.5. The number of hydrogen-bond donors (Lipinski definition) is 1. The Morgan fingerprint density at radius 2 is 1.68 bits per heavy atom. The summed E-state index contributed by atoms with van der Waals surface area (Å²) < 4.78 is 11.6. The SMILES string of the molecule is COc1ccc(CC(CO)Cc2ccccc2)cc1OC1CCCC1. The van der Waals surface area contributed by atoms with Crippen molar-refractivity contribution in [2.24, 2.45) is 5.92 Å². The second kappa shape index (κ2) is 8.91. The van der Waals surface area contributed by atoms with Crippen molar-refractivity contribution in [3.63, 3.8) is 0 Å². The molecule has 3 rings (SSSR count). The van der Waals surface area contributed by atoms with Gasteiger partial charge in [-0.1, -0.05) is 36.4 Å². The first-order valence-electron chi connectivity index (χ1n) is 9.27. The van der Waals surface area contributed by atoms with Crippen LogP contribution in [-0.4, -0.2) is 24.9 Å². The predicted molar refractivity (Wildman–Crippen MR) is 100 cm³/mol. The quantitative estimate of drug-likeness (QED) is 0.773. The van der Waals surface area contributed by atoms with Gasteiger partial charge in [-0.15, -0.1) is 0 Å². The Hall–Kier alpha value is -2.00. The molecule has 1 atom stereocenters. The maximum absolute atomic E-state index is 9.79. The van der Waals surface area contributed by atoms with Crippen LogP contribution < -0.4 is 9.47 Å². The smallest absolute Gasteiger partial charge is 0.161 e. The van der Waals surface area contributed by atoms with Gasteiger partial charge in [0.15, 0.2) is 11.5 Å². The molecule has 1 aliphatic carbocycles. The summed E-state index contributed by atoms with van der Waals surface area (Å²) in [7, 11) is 1.68. The highest BCUT2D eigenvalue weighted by molar-refractivity contribution is 5.43. The van der Waals surface area contributed by atoms with Gasteiger partial charge in [-0.25, -0.2) is 0 Å². The highest BCUT2D eigenvalue weighted by Crippen LogP contribution is 2.33. The van der Waals surface area contributed by atoms with Crippen molar-refractivity contribution in [1.82, 2.24) is 0 Å². The molecule has 0 saturated heterocycles. The van der Waals surface area contributed by atoms with E-state index in [2.05, 4.69) is 24.3 Å². The maximum Gasteiger partial charge on any atom is 0.161 e. The van der Waals surface area contributed by atoms with Crippen molar-refractivity contribution in [3.05, 3.63) is 59.7 Å². The summed E-state index contributed by atoms with van der Waals surface area (Å²) in [5.74, 6) is 1.83. The molecule has 25 heavy (non-hydrogen) atoms. The molecule has 0 radical (unpaired) electrons. The van der Waals surface area contributed by atoms with Gasteiger partial charge in [0.2, 0.25) is 0 Å². The van der Waals surface area contributed by atoms with E-state index in [4.69, 9.17) is 9.47 Å². The van der Waals surface area contributed by atoms with E-state index in [1.54, 1.807) is 7.11 Å². The fourth-order valence-electron chi connectivity index (χ4n) is 3.61. The Labute approximate surface area is 150 Å². The lowest BCUT2D eigenvalue weighted by Gasteiger charge is -2.19. The Morgan fingerprint density at radius 1 is 0.960 bits per heavy atom. The third-order valence-electron chi connectivity index (χ3n) is 4.97. The number of rotatable bonds is 8. The van der Waals surface area contributed by atoms with E-state index in [-0.39, 0.29) is 12.5 Å². The molecule has 1 aliphatic rings. The van der Waals surface area contributed by atoms with Gasteiger partial charge in [-0.2, -0.15) is 0 Å². The topological polar surface area (TPSA) is 38.7 Å². The zero-order valence-corrected chi connectivity index (χ0v) is 15.0. The van der Waals surface area contributed by atoms with Crippen LogP contribution in [0.25, 0.3) is 0 Å². The fourth-order valence-corrected chi connectivity index (χ4v) is 3.61. The average Bonchev–Trinajstić information content (AvgIpc) is 3.15. The van der Waals surface area contributed by atoms with Crippen LogP contribution in [-0.2, 0) is 12.8 Å². The summed E-state index contributed by atoms with van der Waals surface area (Å²) in [5.41, 5.74) is 2.45. The largest absolute Gasteiger partial charge is 0.493 e. The summed E-state index contributed by atoms with van der Waals surface area (Å²) in [6.07, 6.45) is 6.76. The summed E-state index contributed by atoms with van der Waals surface area (Å²) in [6, 6.07) is 16.5. The van der Waals surface area contributed by atoms with Gasteiger partial charge >= 0.3 is 0 Å². The van der Waals surface area contributed by atoms with Crippen LogP contribution >= 0.6 is 0 Å². The number of ether oxygens (including phenoxy) is 2. The summed E-state index contributed by atoms with van der Waals surface area (Å²) in [6.45, 7) is 0.180. The number of aliphatic hydroxyl groups excluding tert-OH is 1. The molecule has 0 heterocycles. The van der Waals surface area contributed by atoms with Crippen LogP contribution in [0, 0.1) is 5.92 Å². The standard InChI is InChI=1S/C22H28O3/c1-24-21-12-11-18(15-22(21)25-20-9-5-6-10-20)14-19(16-23)13-17-7-3-2-4-8-17/h2-4,7-8,11-12,15,19-20,23H,5-6,9-10,13-14,16H2,1H3. The van der Waals surface area contributed by atoms with Gasteiger partial charge in [0.25, 0.3) is 0 Å². The average molecular weight is 340 g/mol. The van der Waals surface area contributed by atoms with Gasteiger partial charge in [0, 0.05) is 6.61 Å². The lowest BCUT2D eigenvalue weighted by molar-refractivity contribution is 0.200. The van der Waals surface area contributed by atoms with Crippen LogP contribution in [0.2, 0.25) is 0 Å². The van der Waals surface area contributed by atoms with E-state index >= 15 is 0 Å². The summed E-state index contributed by atoms with van der Waals surface area (Å²) in [4.78, 5) is 0. The number of aliphatic hydroxyl groups is 1. The van der Waals surface area contributed by atoms with Crippen molar-refractivity contribution >= 4 is 0 Å². The van der Waals surface area contributed by atoms with E-state index in [1.807, 2.05) is 24.3 Å². The Morgan fingerprint density at radius 3 is 2.36 bits per heavy atom. The monoisotopic (exact) mass is 340 g/mol. The molecule has 3 heteroatoms.